The number of likely N-dealkylation sites (tertiary alicyclic amines) is 1. The molecule has 2 aromatic carbocycles. The molecule has 1 unspecified atom stereocenters. The van der Waals surface area contributed by atoms with E-state index in [1.165, 1.54) is 24.9 Å². The van der Waals surface area contributed by atoms with Crippen molar-refractivity contribution in [1.82, 2.24) is 20.5 Å². The summed E-state index contributed by atoms with van der Waals surface area (Å²) in [5, 5.41) is 5.07. The molecule has 0 aliphatic carbocycles. The normalized spacial score (nSPS) is 19.8. The van der Waals surface area contributed by atoms with Crippen molar-refractivity contribution in [3.8, 4) is 0 Å². The number of nitrogens with one attached hydrogen (secondary N) is 2. The molecule has 2 saturated heterocycles. The molecule has 6 nitrogen and oxygen atoms in total. The SMILES string of the molecule is CN1CCCC1c1cccnc1.O=C1NC(=O)C(c2ccccc2)(c2ccccc2)N1. The first-order valence-corrected chi connectivity index (χ1v) is 10.5. The van der Waals surface area contributed by atoms with Gasteiger partial charge in [-0.25, -0.2) is 4.79 Å². The van der Waals surface area contributed by atoms with Crippen LogP contribution in [0.3, 0.4) is 0 Å². The predicted octanol–water partition coefficient (Wildman–Crippen LogP) is 3.62. The molecule has 2 aliphatic rings. The fourth-order valence-electron chi connectivity index (χ4n) is 4.31. The number of hydrogen-bond acceptors (Lipinski definition) is 4. The van der Waals surface area contributed by atoms with Crippen LogP contribution in [0.15, 0.2) is 85.2 Å². The molecule has 0 saturated carbocycles. The van der Waals surface area contributed by atoms with Gasteiger partial charge >= 0.3 is 6.03 Å². The number of benzene rings is 2. The highest BCUT2D eigenvalue weighted by atomic mass is 16.2. The zero-order valence-electron chi connectivity index (χ0n) is 17.5. The number of hydrogen-bond donors (Lipinski definition) is 2. The molecule has 0 bridgehead atoms. The van der Waals surface area contributed by atoms with Crippen LogP contribution in [0.4, 0.5) is 4.79 Å². The number of nitrogens with zero attached hydrogens (tertiary/aromatic N) is 2. The zero-order chi connectivity index (χ0) is 21.7. The Kier molecular flexibility index (Phi) is 6.09. The third-order valence-corrected chi connectivity index (χ3v) is 5.87. The predicted molar refractivity (Wildman–Crippen MR) is 119 cm³/mol. The molecule has 2 fully saturated rings. The Bertz CT molecular complexity index is 986. The van der Waals surface area contributed by atoms with E-state index in [-0.39, 0.29) is 5.91 Å². The van der Waals surface area contributed by atoms with Crippen LogP contribution in [-0.4, -0.2) is 35.4 Å². The zero-order valence-corrected chi connectivity index (χ0v) is 17.5. The summed E-state index contributed by atoms with van der Waals surface area (Å²) in [6.45, 7) is 1.22. The van der Waals surface area contributed by atoms with Gasteiger partial charge < -0.3 is 5.32 Å². The molecular weight excluding hydrogens is 388 g/mol. The molecule has 3 heterocycles. The van der Waals surface area contributed by atoms with Gasteiger partial charge in [0.1, 0.15) is 0 Å². The fourth-order valence-corrected chi connectivity index (χ4v) is 4.31. The van der Waals surface area contributed by atoms with E-state index >= 15 is 0 Å². The molecular formula is C25H26N4O2. The minimum Gasteiger partial charge on any atom is -0.316 e. The number of amides is 3. The maximum Gasteiger partial charge on any atom is 0.322 e. The van der Waals surface area contributed by atoms with Crippen LogP contribution in [0, 0.1) is 0 Å². The van der Waals surface area contributed by atoms with Crippen molar-refractivity contribution in [3.05, 3.63) is 102 Å². The van der Waals surface area contributed by atoms with Crippen molar-refractivity contribution < 1.29 is 9.59 Å². The number of imide groups is 1. The summed E-state index contributed by atoms with van der Waals surface area (Å²) in [6, 6.07) is 22.8. The van der Waals surface area contributed by atoms with E-state index in [2.05, 4.69) is 33.6 Å². The Labute approximate surface area is 182 Å². The van der Waals surface area contributed by atoms with E-state index in [9.17, 15) is 9.59 Å². The van der Waals surface area contributed by atoms with Gasteiger partial charge in [0.05, 0.1) is 0 Å². The highest BCUT2D eigenvalue weighted by molar-refractivity contribution is 6.09. The van der Waals surface area contributed by atoms with Gasteiger partial charge in [0, 0.05) is 18.4 Å². The van der Waals surface area contributed by atoms with E-state index in [0.29, 0.717) is 6.04 Å². The molecule has 3 aromatic rings. The smallest absolute Gasteiger partial charge is 0.316 e. The van der Waals surface area contributed by atoms with E-state index in [1.54, 1.807) is 0 Å². The second-order valence-corrected chi connectivity index (χ2v) is 7.82. The van der Waals surface area contributed by atoms with Gasteiger partial charge in [-0.15, -0.1) is 0 Å². The lowest BCUT2D eigenvalue weighted by atomic mass is 9.83. The topological polar surface area (TPSA) is 74.3 Å². The summed E-state index contributed by atoms with van der Waals surface area (Å²) >= 11 is 0. The summed E-state index contributed by atoms with van der Waals surface area (Å²) in [5.41, 5.74) is 1.70. The summed E-state index contributed by atoms with van der Waals surface area (Å²) in [7, 11) is 2.19. The lowest BCUT2D eigenvalue weighted by Gasteiger charge is -2.27. The van der Waals surface area contributed by atoms with Gasteiger partial charge in [0.2, 0.25) is 0 Å². The molecule has 158 valence electrons. The van der Waals surface area contributed by atoms with Crippen molar-refractivity contribution in [2.24, 2.45) is 0 Å². The average molecular weight is 415 g/mol. The van der Waals surface area contributed by atoms with Gasteiger partial charge in [0.15, 0.2) is 5.54 Å². The third kappa shape index (κ3) is 4.20. The molecule has 1 aromatic heterocycles. The highest BCUT2D eigenvalue weighted by Gasteiger charge is 2.48. The average Bonchev–Trinajstić information content (AvgIpc) is 3.38. The number of aromatic nitrogens is 1. The maximum absolute atomic E-state index is 12.3. The van der Waals surface area contributed by atoms with Gasteiger partial charge in [-0.05, 0) is 49.2 Å². The summed E-state index contributed by atoms with van der Waals surface area (Å²) in [5.74, 6) is -0.352. The van der Waals surface area contributed by atoms with Crippen LogP contribution in [-0.2, 0) is 10.3 Å². The number of carbonyl (C=O) groups excluding carboxylic acids is 2. The number of rotatable bonds is 3. The summed E-state index contributed by atoms with van der Waals surface area (Å²) in [4.78, 5) is 30.4. The van der Waals surface area contributed by atoms with Gasteiger partial charge in [-0.2, -0.15) is 0 Å². The van der Waals surface area contributed by atoms with E-state index < -0.39 is 11.6 Å². The van der Waals surface area contributed by atoms with Gasteiger partial charge in [-0.3, -0.25) is 20.0 Å². The van der Waals surface area contributed by atoms with Crippen molar-refractivity contribution in [1.29, 1.82) is 0 Å². The number of carbonyl (C=O) groups is 2. The molecule has 3 amide bonds. The summed E-state index contributed by atoms with van der Waals surface area (Å²) < 4.78 is 0. The van der Waals surface area contributed by atoms with Crippen LogP contribution < -0.4 is 10.6 Å². The van der Waals surface area contributed by atoms with Gasteiger partial charge in [0.25, 0.3) is 5.91 Å². The van der Waals surface area contributed by atoms with Crippen molar-refractivity contribution in [2.45, 2.75) is 24.4 Å². The number of pyridine rings is 1. The van der Waals surface area contributed by atoms with E-state index in [4.69, 9.17) is 0 Å². The number of urea groups is 1. The second kappa shape index (κ2) is 9.10. The van der Waals surface area contributed by atoms with Crippen molar-refractivity contribution >= 4 is 11.9 Å². The molecule has 0 radical (unpaired) electrons. The molecule has 6 heteroatoms. The quantitative estimate of drug-likeness (QED) is 0.642. The van der Waals surface area contributed by atoms with Crippen LogP contribution in [0.2, 0.25) is 0 Å². The first kappa shape index (κ1) is 20.8. The van der Waals surface area contributed by atoms with Crippen molar-refractivity contribution in [3.63, 3.8) is 0 Å². The molecule has 2 N–H and O–H groups in total. The van der Waals surface area contributed by atoms with Crippen LogP contribution in [0.1, 0.15) is 35.6 Å². The Morgan fingerprint density at radius 3 is 2.03 bits per heavy atom. The lowest BCUT2D eigenvalue weighted by Crippen LogP contribution is -2.44. The lowest BCUT2D eigenvalue weighted by molar-refractivity contribution is -0.122. The van der Waals surface area contributed by atoms with E-state index in [1.807, 2.05) is 79.1 Å². The Morgan fingerprint density at radius 2 is 1.58 bits per heavy atom. The maximum atomic E-state index is 12.3. The van der Waals surface area contributed by atoms with Crippen molar-refractivity contribution in [2.75, 3.05) is 13.6 Å². The Hall–Kier alpha value is -3.51. The first-order chi connectivity index (χ1) is 15.1. The Balaban J connectivity index is 0.000000166. The Morgan fingerprint density at radius 1 is 0.935 bits per heavy atom. The largest absolute Gasteiger partial charge is 0.322 e. The molecule has 31 heavy (non-hydrogen) atoms. The second-order valence-electron chi connectivity index (χ2n) is 7.82. The molecule has 1 atom stereocenters. The highest BCUT2D eigenvalue weighted by Crippen LogP contribution is 2.32. The third-order valence-electron chi connectivity index (χ3n) is 5.87. The fraction of sp³-hybridized carbons (Fsp3) is 0.240. The first-order valence-electron chi connectivity index (χ1n) is 10.5. The van der Waals surface area contributed by atoms with Crippen LogP contribution in [0.25, 0.3) is 0 Å². The van der Waals surface area contributed by atoms with Gasteiger partial charge in [-0.1, -0.05) is 66.7 Å². The van der Waals surface area contributed by atoms with E-state index in [0.717, 1.165) is 11.1 Å². The standard InChI is InChI=1S/C15H12N2O2.C10H14N2/c18-13-15(17-14(19)16-13,11-7-3-1-4-8-11)12-9-5-2-6-10-12;1-12-7-3-5-10(12)9-4-2-6-11-8-9/h1-10H,(H2,16,17,18,19);2,4,6,8,10H,3,5,7H2,1H3. The molecule has 2 aliphatic heterocycles. The monoisotopic (exact) mass is 414 g/mol. The minimum absolute atomic E-state index is 0.352. The summed E-state index contributed by atoms with van der Waals surface area (Å²) in [6.07, 6.45) is 6.41. The van der Waals surface area contributed by atoms with Crippen LogP contribution >= 0.6 is 0 Å². The van der Waals surface area contributed by atoms with Crippen LogP contribution in [0.5, 0.6) is 0 Å². The molecule has 0 spiro atoms. The molecule has 5 rings (SSSR count). The minimum atomic E-state index is -1.14.